The molecule has 2 aromatic carbocycles. The normalized spacial score (nSPS) is 15.6. The number of rotatable bonds is 8. The summed E-state index contributed by atoms with van der Waals surface area (Å²) in [5.74, 6) is 0.687. The fraction of sp³-hybridized carbons (Fsp3) is 0.393. The Hall–Kier alpha value is -2.85. The molecule has 1 N–H and O–H groups in total. The molecule has 1 aliphatic carbocycles. The fourth-order valence-electron chi connectivity index (χ4n) is 4.48. The molecule has 1 atom stereocenters. The van der Waals surface area contributed by atoms with Crippen LogP contribution in [0, 0.1) is 5.92 Å². The molecule has 4 heteroatoms. The van der Waals surface area contributed by atoms with Crippen molar-refractivity contribution in [3.8, 4) is 16.9 Å². The molecule has 0 bridgehead atoms. The zero-order valence-electron chi connectivity index (χ0n) is 19.4. The van der Waals surface area contributed by atoms with E-state index in [0.717, 1.165) is 30.9 Å². The van der Waals surface area contributed by atoms with Gasteiger partial charge < -0.3 is 14.6 Å². The van der Waals surface area contributed by atoms with E-state index in [4.69, 9.17) is 4.74 Å². The third kappa shape index (κ3) is 5.13. The van der Waals surface area contributed by atoms with Crippen LogP contribution in [-0.2, 0) is 17.6 Å². The van der Waals surface area contributed by atoms with Gasteiger partial charge in [0.25, 0.3) is 5.91 Å². The van der Waals surface area contributed by atoms with Crippen molar-refractivity contribution in [3.63, 3.8) is 0 Å². The predicted molar refractivity (Wildman–Crippen MR) is 130 cm³/mol. The van der Waals surface area contributed by atoms with Crippen LogP contribution in [0.2, 0.25) is 0 Å². The molecule has 168 valence electrons. The van der Waals surface area contributed by atoms with Crippen LogP contribution >= 0.6 is 0 Å². The highest BCUT2D eigenvalue weighted by Crippen LogP contribution is 2.35. The zero-order chi connectivity index (χ0) is 22.5. The summed E-state index contributed by atoms with van der Waals surface area (Å²) in [6.45, 7) is 7.66. The number of carbonyl (C=O) groups excluding carboxylic acids is 1. The van der Waals surface area contributed by atoms with E-state index in [9.17, 15) is 4.79 Å². The first-order valence-electron chi connectivity index (χ1n) is 11.8. The minimum absolute atomic E-state index is 0.0345. The number of ether oxygens (including phenoxy) is 1. The SMILES string of the molecule is CC1CCc2c(cc(-c3ccccc3)n2-c2ccc(C(=O)NCCCOC(C)C)cc2)C1. The van der Waals surface area contributed by atoms with Gasteiger partial charge in [0.2, 0.25) is 0 Å². The average molecular weight is 431 g/mol. The molecule has 4 nitrogen and oxygen atoms in total. The Morgan fingerprint density at radius 3 is 2.59 bits per heavy atom. The van der Waals surface area contributed by atoms with Crippen LogP contribution in [-0.4, -0.2) is 29.7 Å². The van der Waals surface area contributed by atoms with Gasteiger partial charge in [-0.2, -0.15) is 0 Å². The van der Waals surface area contributed by atoms with Crippen LogP contribution in [0.25, 0.3) is 16.9 Å². The number of hydrogen-bond donors (Lipinski definition) is 1. The molecule has 4 rings (SSSR count). The molecule has 0 radical (unpaired) electrons. The molecule has 0 aliphatic heterocycles. The largest absolute Gasteiger partial charge is 0.379 e. The summed E-state index contributed by atoms with van der Waals surface area (Å²) in [5, 5.41) is 2.99. The van der Waals surface area contributed by atoms with Gasteiger partial charge in [0.05, 0.1) is 11.8 Å². The van der Waals surface area contributed by atoms with E-state index in [1.165, 1.54) is 28.9 Å². The molecule has 0 saturated heterocycles. The van der Waals surface area contributed by atoms with E-state index < -0.39 is 0 Å². The van der Waals surface area contributed by atoms with Crippen LogP contribution in [0.3, 0.4) is 0 Å². The second-order valence-electron chi connectivity index (χ2n) is 9.13. The molecule has 1 unspecified atom stereocenters. The van der Waals surface area contributed by atoms with Crippen LogP contribution in [0.4, 0.5) is 0 Å². The van der Waals surface area contributed by atoms with Crippen molar-refractivity contribution in [2.75, 3.05) is 13.2 Å². The van der Waals surface area contributed by atoms with E-state index in [2.05, 4.69) is 65.3 Å². The lowest BCUT2D eigenvalue weighted by Gasteiger charge is -2.21. The Labute approximate surface area is 191 Å². The molecule has 1 heterocycles. The van der Waals surface area contributed by atoms with Crippen LogP contribution in [0.5, 0.6) is 0 Å². The Kier molecular flexibility index (Phi) is 7.11. The second kappa shape index (κ2) is 10.2. The minimum atomic E-state index is -0.0345. The molecule has 1 aliphatic rings. The van der Waals surface area contributed by atoms with Crippen molar-refractivity contribution in [3.05, 3.63) is 77.5 Å². The molecule has 3 aromatic rings. The maximum absolute atomic E-state index is 12.5. The molecule has 0 spiro atoms. The fourth-order valence-corrected chi connectivity index (χ4v) is 4.48. The van der Waals surface area contributed by atoms with Crippen molar-refractivity contribution >= 4 is 5.91 Å². The van der Waals surface area contributed by atoms with Crippen molar-refractivity contribution in [1.82, 2.24) is 9.88 Å². The van der Waals surface area contributed by atoms with E-state index in [-0.39, 0.29) is 12.0 Å². The van der Waals surface area contributed by atoms with Gasteiger partial charge in [0, 0.05) is 30.1 Å². The van der Waals surface area contributed by atoms with Crippen molar-refractivity contribution in [2.24, 2.45) is 5.92 Å². The molecule has 0 saturated carbocycles. The molecule has 1 amide bonds. The highest BCUT2D eigenvalue weighted by atomic mass is 16.5. The summed E-state index contributed by atoms with van der Waals surface area (Å²) in [6.07, 6.45) is 4.47. The quantitative estimate of drug-likeness (QED) is 0.458. The number of fused-ring (bicyclic) bond motifs is 1. The smallest absolute Gasteiger partial charge is 0.251 e. The first-order chi connectivity index (χ1) is 15.5. The van der Waals surface area contributed by atoms with E-state index >= 15 is 0 Å². The minimum Gasteiger partial charge on any atom is -0.379 e. The van der Waals surface area contributed by atoms with Gasteiger partial charge in [-0.05, 0) is 86.9 Å². The summed E-state index contributed by atoms with van der Waals surface area (Å²) in [7, 11) is 0. The molecule has 1 aromatic heterocycles. The lowest BCUT2D eigenvalue weighted by molar-refractivity contribution is 0.0757. The van der Waals surface area contributed by atoms with E-state index in [1.807, 2.05) is 26.0 Å². The molecule has 0 fully saturated rings. The average Bonchev–Trinajstić information content (AvgIpc) is 3.17. The number of benzene rings is 2. The molecular weight excluding hydrogens is 396 g/mol. The highest BCUT2D eigenvalue weighted by Gasteiger charge is 2.23. The van der Waals surface area contributed by atoms with Crippen LogP contribution in [0.1, 0.15) is 55.2 Å². The summed E-state index contributed by atoms with van der Waals surface area (Å²) >= 11 is 0. The number of nitrogens with zero attached hydrogens (tertiary/aromatic N) is 1. The standard InChI is InChI=1S/C28H34N2O2/c1-20(2)32-17-7-16-29-28(31)23-11-13-25(14-12-23)30-26-15-10-21(3)18-24(26)19-27(30)22-8-5-4-6-9-22/h4-6,8-9,11-14,19-21H,7,10,15-18H2,1-3H3,(H,29,31). The lowest BCUT2D eigenvalue weighted by atomic mass is 9.89. The lowest BCUT2D eigenvalue weighted by Crippen LogP contribution is -2.25. The van der Waals surface area contributed by atoms with E-state index in [1.54, 1.807) is 0 Å². The first kappa shape index (κ1) is 22.3. The van der Waals surface area contributed by atoms with Gasteiger partial charge in [-0.15, -0.1) is 0 Å². The number of nitrogens with one attached hydrogen (secondary N) is 1. The van der Waals surface area contributed by atoms with Crippen molar-refractivity contribution < 1.29 is 9.53 Å². The Morgan fingerprint density at radius 1 is 1.12 bits per heavy atom. The number of aromatic nitrogens is 1. The van der Waals surface area contributed by atoms with Gasteiger partial charge in [-0.1, -0.05) is 37.3 Å². The molecular formula is C28H34N2O2. The third-order valence-corrected chi connectivity index (χ3v) is 6.15. The van der Waals surface area contributed by atoms with Gasteiger partial charge in [-0.3, -0.25) is 4.79 Å². The summed E-state index contributed by atoms with van der Waals surface area (Å²) < 4.78 is 7.92. The van der Waals surface area contributed by atoms with Gasteiger partial charge in [0.1, 0.15) is 0 Å². The third-order valence-electron chi connectivity index (χ3n) is 6.15. The van der Waals surface area contributed by atoms with Gasteiger partial charge in [0.15, 0.2) is 0 Å². The molecule has 32 heavy (non-hydrogen) atoms. The number of hydrogen-bond acceptors (Lipinski definition) is 2. The Balaban J connectivity index is 1.54. The zero-order valence-corrected chi connectivity index (χ0v) is 19.4. The van der Waals surface area contributed by atoms with Crippen molar-refractivity contribution in [2.45, 2.75) is 52.6 Å². The second-order valence-corrected chi connectivity index (χ2v) is 9.13. The summed E-state index contributed by atoms with van der Waals surface area (Å²) in [6, 6.07) is 21.0. The number of amides is 1. The maximum Gasteiger partial charge on any atom is 0.251 e. The summed E-state index contributed by atoms with van der Waals surface area (Å²) in [5.41, 5.74) is 7.11. The van der Waals surface area contributed by atoms with Crippen LogP contribution < -0.4 is 5.32 Å². The van der Waals surface area contributed by atoms with Crippen LogP contribution in [0.15, 0.2) is 60.7 Å². The summed E-state index contributed by atoms with van der Waals surface area (Å²) in [4.78, 5) is 12.5. The topological polar surface area (TPSA) is 43.3 Å². The highest BCUT2D eigenvalue weighted by molar-refractivity contribution is 5.94. The maximum atomic E-state index is 12.5. The van der Waals surface area contributed by atoms with Gasteiger partial charge in [-0.25, -0.2) is 0 Å². The number of carbonyl (C=O) groups is 1. The van der Waals surface area contributed by atoms with Gasteiger partial charge >= 0.3 is 0 Å². The predicted octanol–water partition coefficient (Wildman–Crippen LogP) is 5.81. The Bertz CT molecular complexity index is 1040. The monoisotopic (exact) mass is 430 g/mol. The Morgan fingerprint density at radius 2 is 1.88 bits per heavy atom. The van der Waals surface area contributed by atoms with Crippen molar-refractivity contribution in [1.29, 1.82) is 0 Å². The van der Waals surface area contributed by atoms with E-state index in [0.29, 0.717) is 18.7 Å². The first-order valence-corrected chi connectivity index (χ1v) is 11.8.